The Morgan fingerprint density at radius 1 is 1.83 bits per heavy atom. The maximum atomic E-state index is 10.0. The topological polar surface area (TPSA) is 40.1 Å². The van der Waals surface area contributed by atoms with Gasteiger partial charge in [0.25, 0.3) is 0 Å². The van der Waals surface area contributed by atoms with Crippen LogP contribution < -0.4 is 0 Å². The summed E-state index contributed by atoms with van der Waals surface area (Å²) in [6.45, 7) is 2.89. The molecular formula is C4H9O2. The molecule has 0 saturated heterocycles. The van der Waals surface area contributed by atoms with E-state index in [9.17, 15) is 5.11 Å². The van der Waals surface area contributed by atoms with Gasteiger partial charge in [0.2, 0.25) is 0 Å². The van der Waals surface area contributed by atoms with Gasteiger partial charge in [-0.05, 0) is 6.92 Å². The van der Waals surface area contributed by atoms with Crippen molar-refractivity contribution in [2.75, 3.05) is 0 Å². The normalized spacial score (nSPS) is 12.0. The van der Waals surface area contributed by atoms with E-state index in [2.05, 4.69) is 0 Å². The summed E-state index contributed by atoms with van der Waals surface area (Å²) in [6.07, 6.45) is 0.271. The molecule has 1 unspecified atom stereocenters. The van der Waals surface area contributed by atoms with Crippen LogP contribution in [0, 0.1) is 0 Å². The number of aliphatic hydroxyl groups is 1. The van der Waals surface area contributed by atoms with Crippen LogP contribution >= 0.6 is 0 Å². The fraction of sp³-hybridized carbons (Fsp3) is 1.00. The zero-order valence-electron chi connectivity index (χ0n) is 4.06. The van der Waals surface area contributed by atoms with E-state index in [0.29, 0.717) is 0 Å². The Kier molecular flexibility index (Phi) is 1.56. The molecule has 0 aromatic heterocycles. The maximum Gasteiger partial charge on any atom is 0.196 e. The number of hydrogen-bond donors (Lipinski definition) is 1. The van der Waals surface area contributed by atoms with Crippen molar-refractivity contribution < 1.29 is 10.2 Å². The van der Waals surface area contributed by atoms with Crippen LogP contribution in [-0.2, 0) is 5.11 Å². The third-order valence-electron chi connectivity index (χ3n) is 0.656. The van der Waals surface area contributed by atoms with Gasteiger partial charge in [-0.3, -0.25) is 0 Å². The molecule has 0 saturated carbocycles. The first-order valence-electron chi connectivity index (χ1n) is 1.99. The van der Waals surface area contributed by atoms with Crippen LogP contribution in [0.25, 0.3) is 0 Å². The highest BCUT2D eigenvalue weighted by Gasteiger charge is 2.11. The highest BCUT2D eigenvalue weighted by molar-refractivity contribution is 4.47. The number of rotatable bonds is 1. The quantitative estimate of drug-likeness (QED) is 0.468. The maximum absolute atomic E-state index is 10.0. The van der Waals surface area contributed by atoms with E-state index in [1.165, 1.54) is 6.92 Å². The second-order valence-electron chi connectivity index (χ2n) is 1.53. The largest absolute Gasteiger partial charge is 0.363 e. The Morgan fingerprint density at radius 2 is 2.00 bits per heavy atom. The zero-order valence-corrected chi connectivity index (χ0v) is 4.06. The van der Waals surface area contributed by atoms with Gasteiger partial charge in [-0.2, -0.15) is 5.11 Å². The van der Waals surface area contributed by atoms with Crippen molar-refractivity contribution >= 4 is 0 Å². The third kappa shape index (κ3) is 3.92. The summed E-state index contributed by atoms with van der Waals surface area (Å²) >= 11 is 0. The highest BCUT2D eigenvalue weighted by Crippen LogP contribution is 2.00. The highest BCUT2D eigenvalue weighted by atomic mass is 16.5. The van der Waals surface area contributed by atoms with E-state index in [0.717, 1.165) is 0 Å². The molecule has 0 aliphatic heterocycles. The summed E-state index contributed by atoms with van der Waals surface area (Å²) in [5.74, 6) is -1.71. The monoisotopic (exact) mass is 89.1 g/mol. The summed E-state index contributed by atoms with van der Waals surface area (Å²) < 4.78 is 0. The first kappa shape index (κ1) is 5.92. The van der Waals surface area contributed by atoms with Crippen LogP contribution in [0.3, 0.4) is 0 Å². The molecule has 0 aliphatic carbocycles. The third-order valence-corrected chi connectivity index (χ3v) is 0.656. The SMILES string of the molecule is CCC(C)([O])O. The average molecular weight is 89.1 g/mol. The van der Waals surface area contributed by atoms with Crippen LogP contribution in [0.4, 0.5) is 0 Å². The molecule has 0 fully saturated rings. The molecule has 1 radical (unpaired) electrons. The molecule has 6 heavy (non-hydrogen) atoms. The molecule has 0 aromatic carbocycles. The van der Waals surface area contributed by atoms with Crippen molar-refractivity contribution in [1.82, 2.24) is 0 Å². The molecule has 2 heteroatoms. The Balaban J connectivity index is 3.17. The molecule has 2 nitrogen and oxygen atoms in total. The lowest BCUT2D eigenvalue weighted by molar-refractivity contribution is -0.191. The van der Waals surface area contributed by atoms with Crippen molar-refractivity contribution in [3.8, 4) is 0 Å². The van der Waals surface area contributed by atoms with Gasteiger partial charge < -0.3 is 5.11 Å². The Labute approximate surface area is 37.4 Å². The smallest absolute Gasteiger partial charge is 0.196 e. The van der Waals surface area contributed by atoms with Crippen molar-refractivity contribution in [3.05, 3.63) is 0 Å². The minimum absolute atomic E-state index is 0.271. The molecule has 0 bridgehead atoms. The van der Waals surface area contributed by atoms with E-state index in [1.54, 1.807) is 6.92 Å². The molecule has 0 rings (SSSR count). The van der Waals surface area contributed by atoms with E-state index in [-0.39, 0.29) is 6.42 Å². The van der Waals surface area contributed by atoms with Gasteiger partial charge in [0.1, 0.15) is 0 Å². The summed E-state index contributed by atoms with van der Waals surface area (Å²) in [5, 5.41) is 18.3. The number of hydrogen-bond acceptors (Lipinski definition) is 1. The van der Waals surface area contributed by atoms with Gasteiger partial charge in [0, 0.05) is 6.42 Å². The predicted octanol–water partition coefficient (Wildman–Crippen LogP) is 0.535. The molecule has 1 N–H and O–H groups in total. The minimum atomic E-state index is -1.71. The molecule has 37 valence electrons. The lowest BCUT2D eigenvalue weighted by atomic mass is 10.3. The van der Waals surface area contributed by atoms with Crippen LogP contribution in [0.5, 0.6) is 0 Å². The Morgan fingerprint density at radius 3 is 2.00 bits per heavy atom. The lowest BCUT2D eigenvalue weighted by Crippen LogP contribution is -2.18. The fourth-order valence-electron chi connectivity index (χ4n) is 0. The van der Waals surface area contributed by atoms with Gasteiger partial charge in [-0.1, -0.05) is 6.92 Å². The summed E-state index contributed by atoms with van der Waals surface area (Å²) in [4.78, 5) is 0. The molecule has 0 amide bonds. The van der Waals surface area contributed by atoms with Gasteiger partial charge in [-0.15, -0.1) is 0 Å². The molecule has 0 spiro atoms. The van der Waals surface area contributed by atoms with E-state index < -0.39 is 5.79 Å². The van der Waals surface area contributed by atoms with Crippen LogP contribution in [-0.4, -0.2) is 10.9 Å². The first-order chi connectivity index (χ1) is 2.56. The van der Waals surface area contributed by atoms with Crippen molar-refractivity contribution in [2.24, 2.45) is 0 Å². The molecule has 0 heterocycles. The van der Waals surface area contributed by atoms with Crippen LogP contribution in [0.1, 0.15) is 20.3 Å². The lowest BCUT2D eigenvalue weighted by Gasteiger charge is -2.06. The van der Waals surface area contributed by atoms with Gasteiger partial charge in [0.15, 0.2) is 5.79 Å². The molecular weight excluding hydrogens is 80.0 g/mol. The fourth-order valence-corrected chi connectivity index (χ4v) is 0. The van der Waals surface area contributed by atoms with Crippen molar-refractivity contribution in [2.45, 2.75) is 26.1 Å². The van der Waals surface area contributed by atoms with E-state index in [4.69, 9.17) is 5.11 Å². The standard InChI is InChI=1S/C4H9O2/c1-3-4(2,5)6/h5H,3H2,1-2H3. The Bertz CT molecular complexity index is 35.3. The molecule has 1 atom stereocenters. The summed E-state index contributed by atoms with van der Waals surface area (Å²) in [7, 11) is 0. The first-order valence-corrected chi connectivity index (χ1v) is 1.99. The van der Waals surface area contributed by atoms with Crippen molar-refractivity contribution in [1.29, 1.82) is 0 Å². The molecule has 0 aliphatic rings. The van der Waals surface area contributed by atoms with Crippen LogP contribution in [0.2, 0.25) is 0 Å². The van der Waals surface area contributed by atoms with Gasteiger partial charge in [0.05, 0.1) is 0 Å². The zero-order chi connectivity index (χ0) is 5.21. The predicted molar refractivity (Wildman–Crippen MR) is 21.6 cm³/mol. The Hall–Kier alpha value is -0.0800. The van der Waals surface area contributed by atoms with Gasteiger partial charge in [-0.25, -0.2) is 0 Å². The second-order valence-corrected chi connectivity index (χ2v) is 1.53. The van der Waals surface area contributed by atoms with E-state index >= 15 is 0 Å². The summed E-state index contributed by atoms with van der Waals surface area (Å²) in [5.41, 5.74) is 0. The van der Waals surface area contributed by atoms with Crippen LogP contribution in [0.15, 0.2) is 0 Å². The second kappa shape index (κ2) is 1.58. The van der Waals surface area contributed by atoms with E-state index in [1.807, 2.05) is 0 Å². The van der Waals surface area contributed by atoms with Crippen molar-refractivity contribution in [3.63, 3.8) is 0 Å². The van der Waals surface area contributed by atoms with Gasteiger partial charge >= 0.3 is 0 Å². The average Bonchev–Trinajstić information content (AvgIpc) is 1.35. The summed E-state index contributed by atoms with van der Waals surface area (Å²) in [6, 6.07) is 0. The molecule has 0 aromatic rings. The minimum Gasteiger partial charge on any atom is -0.363 e.